The first-order chi connectivity index (χ1) is 14.1. The molecule has 1 fully saturated rings. The molecule has 29 heavy (non-hydrogen) atoms. The fraction of sp³-hybridized carbons (Fsp3) is 0.273. The Balaban J connectivity index is 1.62. The van der Waals surface area contributed by atoms with Gasteiger partial charge in [-0.3, -0.25) is 4.40 Å². The van der Waals surface area contributed by atoms with Gasteiger partial charge < -0.3 is 15.5 Å². The van der Waals surface area contributed by atoms with E-state index in [1.807, 2.05) is 37.6 Å². The van der Waals surface area contributed by atoms with Gasteiger partial charge in [-0.2, -0.15) is 0 Å². The molecule has 0 spiro atoms. The molecule has 6 nitrogen and oxygen atoms in total. The van der Waals surface area contributed by atoms with Crippen LogP contribution in [0.1, 0.15) is 12.5 Å². The van der Waals surface area contributed by atoms with Crippen LogP contribution in [0.2, 0.25) is 5.02 Å². The third kappa shape index (κ3) is 3.28. The first kappa shape index (κ1) is 18.2. The molecule has 0 bridgehead atoms. The Morgan fingerprint density at radius 2 is 2.10 bits per heavy atom. The number of halogens is 1. The Bertz CT molecular complexity index is 1180. The molecule has 4 aromatic rings. The van der Waals surface area contributed by atoms with E-state index in [2.05, 4.69) is 50.0 Å². The van der Waals surface area contributed by atoms with E-state index >= 15 is 0 Å². The van der Waals surface area contributed by atoms with Crippen LogP contribution in [-0.2, 0) is 0 Å². The van der Waals surface area contributed by atoms with E-state index in [9.17, 15) is 0 Å². The molecule has 0 amide bonds. The fourth-order valence-corrected chi connectivity index (χ4v) is 4.28. The third-order valence-corrected chi connectivity index (χ3v) is 5.85. The standard InChI is InChI=1S/C22H23ClN6/c1-14-4-3-5-17(23)21(14)27-22-20-11-24-13-29(20)19-7-6-16(10-18(19)26-22)28-9-8-25-15(2)12-28/h3-7,10-11,13,15,25H,8-9,12H2,1-2H3,(H,26,27). The molecule has 148 valence electrons. The van der Waals surface area contributed by atoms with Crippen molar-refractivity contribution in [2.24, 2.45) is 0 Å². The van der Waals surface area contributed by atoms with Crippen molar-refractivity contribution in [2.75, 3.05) is 29.9 Å². The highest BCUT2D eigenvalue weighted by Gasteiger charge is 2.18. The Morgan fingerprint density at radius 1 is 1.21 bits per heavy atom. The van der Waals surface area contributed by atoms with E-state index in [0.717, 1.165) is 53.3 Å². The van der Waals surface area contributed by atoms with Crippen LogP contribution in [0.3, 0.4) is 0 Å². The number of benzene rings is 2. The average molecular weight is 407 g/mol. The molecule has 0 saturated carbocycles. The minimum Gasteiger partial charge on any atom is -0.369 e. The van der Waals surface area contributed by atoms with Crippen molar-refractivity contribution < 1.29 is 0 Å². The van der Waals surface area contributed by atoms with Gasteiger partial charge in [-0.05, 0) is 43.7 Å². The molecule has 1 atom stereocenters. The molecular weight excluding hydrogens is 384 g/mol. The van der Waals surface area contributed by atoms with Crippen LogP contribution in [0, 0.1) is 6.92 Å². The van der Waals surface area contributed by atoms with Gasteiger partial charge in [0.05, 0.1) is 34.3 Å². The largest absolute Gasteiger partial charge is 0.369 e. The number of hydrogen-bond donors (Lipinski definition) is 2. The highest BCUT2D eigenvalue weighted by Crippen LogP contribution is 2.32. The smallest absolute Gasteiger partial charge is 0.157 e. The van der Waals surface area contributed by atoms with Crippen LogP contribution in [0.15, 0.2) is 48.9 Å². The summed E-state index contributed by atoms with van der Waals surface area (Å²) in [6.07, 6.45) is 3.66. The Morgan fingerprint density at radius 3 is 2.93 bits per heavy atom. The maximum atomic E-state index is 6.44. The number of piperazine rings is 1. The molecule has 3 heterocycles. The Kier molecular flexibility index (Phi) is 4.53. The quantitative estimate of drug-likeness (QED) is 0.528. The zero-order valence-electron chi connectivity index (χ0n) is 16.5. The van der Waals surface area contributed by atoms with E-state index in [4.69, 9.17) is 16.6 Å². The van der Waals surface area contributed by atoms with Crippen molar-refractivity contribution in [3.05, 3.63) is 59.5 Å². The highest BCUT2D eigenvalue weighted by molar-refractivity contribution is 6.33. The maximum Gasteiger partial charge on any atom is 0.157 e. The van der Waals surface area contributed by atoms with Gasteiger partial charge in [0, 0.05) is 31.4 Å². The summed E-state index contributed by atoms with van der Waals surface area (Å²) in [4.78, 5) is 11.7. The minimum atomic E-state index is 0.476. The first-order valence-electron chi connectivity index (χ1n) is 9.86. The summed E-state index contributed by atoms with van der Waals surface area (Å²) >= 11 is 6.44. The lowest BCUT2D eigenvalue weighted by Gasteiger charge is -2.33. The SMILES string of the molecule is Cc1cccc(Cl)c1Nc1nc2cc(N3CCNC(C)C3)ccc2n2cncc12. The lowest BCUT2D eigenvalue weighted by Crippen LogP contribution is -2.49. The van der Waals surface area contributed by atoms with E-state index < -0.39 is 0 Å². The van der Waals surface area contributed by atoms with Gasteiger partial charge in [0.2, 0.25) is 0 Å². The molecule has 7 heteroatoms. The second-order valence-corrected chi connectivity index (χ2v) is 8.05. The Hall–Kier alpha value is -2.83. The predicted octanol–water partition coefficient (Wildman–Crippen LogP) is 4.39. The van der Waals surface area contributed by atoms with E-state index in [1.165, 1.54) is 5.69 Å². The molecule has 2 aromatic heterocycles. The van der Waals surface area contributed by atoms with Crippen LogP contribution in [0.4, 0.5) is 17.2 Å². The number of rotatable bonds is 3. The van der Waals surface area contributed by atoms with Gasteiger partial charge in [0.15, 0.2) is 5.82 Å². The number of nitrogens with zero attached hydrogens (tertiary/aromatic N) is 4. The van der Waals surface area contributed by atoms with Crippen molar-refractivity contribution >= 4 is 45.3 Å². The molecule has 0 aliphatic carbocycles. The van der Waals surface area contributed by atoms with Gasteiger partial charge in [0.25, 0.3) is 0 Å². The van der Waals surface area contributed by atoms with Crippen molar-refractivity contribution in [1.29, 1.82) is 0 Å². The number of aryl methyl sites for hydroxylation is 1. The number of fused-ring (bicyclic) bond motifs is 3. The van der Waals surface area contributed by atoms with Crippen molar-refractivity contribution in [3.8, 4) is 0 Å². The summed E-state index contributed by atoms with van der Waals surface area (Å²) in [5.41, 5.74) is 6.01. The van der Waals surface area contributed by atoms with Crippen LogP contribution in [-0.4, -0.2) is 40.0 Å². The van der Waals surface area contributed by atoms with Crippen molar-refractivity contribution in [1.82, 2.24) is 19.7 Å². The maximum absolute atomic E-state index is 6.44. The molecule has 1 aliphatic rings. The number of aromatic nitrogens is 3. The number of para-hydroxylation sites is 1. The van der Waals surface area contributed by atoms with Crippen molar-refractivity contribution in [2.45, 2.75) is 19.9 Å². The summed E-state index contributed by atoms with van der Waals surface area (Å²) < 4.78 is 2.07. The predicted molar refractivity (Wildman–Crippen MR) is 120 cm³/mol. The van der Waals surface area contributed by atoms with Crippen molar-refractivity contribution in [3.63, 3.8) is 0 Å². The zero-order valence-corrected chi connectivity index (χ0v) is 17.2. The summed E-state index contributed by atoms with van der Waals surface area (Å²) in [6.45, 7) is 7.22. The molecule has 2 N–H and O–H groups in total. The second-order valence-electron chi connectivity index (χ2n) is 7.64. The van der Waals surface area contributed by atoms with Gasteiger partial charge in [0.1, 0.15) is 5.52 Å². The van der Waals surface area contributed by atoms with Crippen LogP contribution >= 0.6 is 11.6 Å². The van der Waals surface area contributed by atoms with E-state index in [0.29, 0.717) is 11.1 Å². The molecule has 2 aromatic carbocycles. The molecule has 1 unspecified atom stereocenters. The molecular formula is C22H23ClN6. The lowest BCUT2D eigenvalue weighted by molar-refractivity contribution is 0.485. The van der Waals surface area contributed by atoms with Crippen LogP contribution in [0.5, 0.6) is 0 Å². The van der Waals surface area contributed by atoms with Crippen LogP contribution in [0.25, 0.3) is 16.6 Å². The summed E-state index contributed by atoms with van der Waals surface area (Å²) in [7, 11) is 0. The topological polar surface area (TPSA) is 57.5 Å². The molecule has 5 rings (SSSR count). The number of anilines is 3. The first-order valence-corrected chi connectivity index (χ1v) is 10.2. The van der Waals surface area contributed by atoms with Crippen LogP contribution < -0.4 is 15.5 Å². The number of nitrogens with one attached hydrogen (secondary N) is 2. The van der Waals surface area contributed by atoms with Gasteiger partial charge in [-0.25, -0.2) is 9.97 Å². The monoisotopic (exact) mass is 406 g/mol. The number of imidazole rings is 1. The second kappa shape index (κ2) is 7.21. The highest BCUT2D eigenvalue weighted by atomic mass is 35.5. The zero-order chi connectivity index (χ0) is 20.0. The lowest BCUT2D eigenvalue weighted by atomic mass is 10.2. The fourth-order valence-electron chi connectivity index (χ4n) is 4.01. The summed E-state index contributed by atoms with van der Waals surface area (Å²) in [5.74, 6) is 0.747. The normalized spacial score (nSPS) is 17.2. The molecule has 1 aliphatic heterocycles. The van der Waals surface area contributed by atoms with E-state index in [-0.39, 0.29) is 0 Å². The van der Waals surface area contributed by atoms with Gasteiger partial charge >= 0.3 is 0 Å². The summed E-state index contributed by atoms with van der Waals surface area (Å²) in [5, 5.41) is 7.61. The minimum absolute atomic E-state index is 0.476. The van der Waals surface area contributed by atoms with Gasteiger partial charge in [-0.1, -0.05) is 23.7 Å². The summed E-state index contributed by atoms with van der Waals surface area (Å²) in [6, 6.07) is 12.8. The van der Waals surface area contributed by atoms with E-state index in [1.54, 1.807) is 0 Å². The number of hydrogen-bond acceptors (Lipinski definition) is 5. The Labute approximate surface area is 174 Å². The van der Waals surface area contributed by atoms with Gasteiger partial charge in [-0.15, -0.1) is 0 Å². The average Bonchev–Trinajstić information content (AvgIpc) is 3.21. The third-order valence-electron chi connectivity index (χ3n) is 5.53. The molecule has 0 radical (unpaired) electrons. The molecule has 1 saturated heterocycles.